The summed E-state index contributed by atoms with van der Waals surface area (Å²) in [6, 6.07) is 3.95. The largest absolute Gasteiger partial charge is 0.471 e. The van der Waals surface area contributed by atoms with Crippen LogP contribution in [0, 0.1) is 0 Å². The van der Waals surface area contributed by atoms with Gasteiger partial charge < -0.3 is 20.3 Å². The maximum Gasteiger partial charge on any atom is 0.471 e. The Morgan fingerprint density at radius 3 is 2.40 bits per heavy atom. The van der Waals surface area contributed by atoms with Gasteiger partial charge in [0.15, 0.2) is 5.82 Å². The normalized spacial score (nSPS) is 12.4. The number of carbonyl (C=O) groups excluding carboxylic acids is 2. The Bertz CT molecular complexity index is 837. The van der Waals surface area contributed by atoms with E-state index in [0.29, 0.717) is 10.4 Å². The molecule has 2 aromatic rings. The Morgan fingerprint density at radius 1 is 1.32 bits per heavy atom. The number of nitrogens with zero attached hydrogens (tertiary/aromatic N) is 3. The molecule has 7 nitrogen and oxygen atoms in total. The summed E-state index contributed by atoms with van der Waals surface area (Å²) in [4.78, 5) is 27.4. The van der Waals surface area contributed by atoms with Gasteiger partial charge in [0, 0.05) is 12.7 Å². The summed E-state index contributed by atoms with van der Waals surface area (Å²) < 4.78 is 39.1. The van der Waals surface area contributed by atoms with E-state index in [4.69, 9.17) is 5.73 Å². The van der Waals surface area contributed by atoms with Crippen molar-refractivity contribution in [3.63, 3.8) is 0 Å². The van der Waals surface area contributed by atoms with Crippen LogP contribution in [0.3, 0.4) is 0 Å². The van der Waals surface area contributed by atoms with Gasteiger partial charge in [-0.1, -0.05) is 0 Å². The number of rotatable bonds is 4. The predicted octanol–water partition coefficient (Wildman–Crippen LogP) is 1.43. The lowest BCUT2D eigenvalue weighted by molar-refractivity contribution is -0.170. The van der Waals surface area contributed by atoms with Crippen LogP contribution in [0.25, 0.3) is 11.0 Å². The molecule has 0 saturated carbocycles. The van der Waals surface area contributed by atoms with Crippen molar-refractivity contribution in [3.05, 3.63) is 24.0 Å². The lowest BCUT2D eigenvalue weighted by atomic mass is 10.1. The third-order valence-corrected chi connectivity index (χ3v) is 3.43. The Balaban J connectivity index is 2.55. The predicted molar refractivity (Wildman–Crippen MR) is 84.0 cm³/mol. The van der Waals surface area contributed by atoms with Crippen LogP contribution in [0.4, 0.5) is 18.9 Å². The fraction of sp³-hybridized carbons (Fsp3) is 0.400. The first-order valence-electron chi connectivity index (χ1n) is 7.18. The van der Waals surface area contributed by atoms with Crippen molar-refractivity contribution in [1.29, 1.82) is 0 Å². The highest BCUT2D eigenvalue weighted by Gasteiger charge is 2.41. The van der Waals surface area contributed by atoms with Gasteiger partial charge in [0.1, 0.15) is 0 Å². The van der Waals surface area contributed by atoms with Gasteiger partial charge in [-0.15, -0.1) is 0 Å². The second kappa shape index (κ2) is 6.03. The van der Waals surface area contributed by atoms with Crippen molar-refractivity contribution in [2.45, 2.75) is 32.2 Å². The number of benzene rings is 1. The highest BCUT2D eigenvalue weighted by Crippen LogP contribution is 2.27. The maximum atomic E-state index is 12.6. The molecule has 136 valence electrons. The average Bonchev–Trinajstić information content (AvgIpc) is 2.81. The van der Waals surface area contributed by atoms with Gasteiger partial charge in [-0.05, 0) is 32.0 Å². The van der Waals surface area contributed by atoms with E-state index >= 15 is 0 Å². The Hall–Kier alpha value is -2.62. The molecule has 2 amide bonds. The molecule has 0 fully saturated rings. The molecule has 25 heavy (non-hydrogen) atoms. The van der Waals surface area contributed by atoms with E-state index in [1.165, 1.54) is 36.6 Å². The van der Waals surface area contributed by atoms with Gasteiger partial charge in [-0.25, -0.2) is 4.98 Å². The molecule has 0 spiro atoms. The number of hydrogen-bond acceptors (Lipinski definition) is 4. The zero-order valence-electron chi connectivity index (χ0n) is 13.8. The summed E-state index contributed by atoms with van der Waals surface area (Å²) in [6.07, 6.45) is -5.01. The average molecular weight is 358 g/mol. The minimum absolute atomic E-state index is 0.00155. The number of aliphatic hydroxyl groups is 1. The first kappa shape index (κ1) is 18.7. The van der Waals surface area contributed by atoms with Gasteiger partial charge in [0.2, 0.25) is 0 Å². The van der Waals surface area contributed by atoms with Crippen molar-refractivity contribution in [2.24, 2.45) is 5.73 Å². The first-order chi connectivity index (χ1) is 11.3. The third-order valence-electron chi connectivity index (χ3n) is 3.43. The van der Waals surface area contributed by atoms with Crippen LogP contribution >= 0.6 is 0 Å². The topological polar surface area (TPSA) is 101 Å². The van der Waals surface area contributed by atoms with Crippen molar-refractivity contribution >= 4 is 28.5 Å². The minimum Gasteiger partial charge on any atom is -0.389 e. The minimum atomic E-state index is -5.01. The van der Waals surface area contributed by atoms with Crippen LogP contribution in [0.2, 0.25) is 0 Å². The molecule has 0 atom stereocenters. The summed E-state index contributed by atoms with van der Waals surface area (Å²) in [5, 5.41) is 9.98. The number of hydrogen-bond donors (Lipinski definition) is 2. The molecule has 0 radical (unpaired) electrons. The van der Waals surface area contributed by atoms with Crippen LogP contribution in [0.1, 0.15) is 24.5 Å². The monoisotopic (exact) mass is 358 g/mol. The van der Waals surface area contributed by atoms with Crippen LogP contribution < -0.4 is 10.6 Å². The Labute approximate surface area is 140 Å². The Morgan fingerprint density at radius 2 is 1.92 bits per heavy atom. The molecule has 0 unspecified atom stereocenters. The smallest absolute Gasteiger partial charge is 0.389 e. The Kier molecular flexibility index (Phi) is 4.51. The number of nitrogens with two attached hydrogens (primary N) is 1. The molecular formula is C15H17F3N4O3. The number of primary amides is 1. The van der Waals surface area contributed by atoms with Gasteiger partial charge in [0.25, 0.3) is 5.91 Å². The summed E-state index contributed by atoms with van der Waals surface area (Å²) >= 11 is 0. The van der Waals surface area contributed by atoms with E-state index in [1.54, 1.807) is 0 Å². The number of carbonyl (C=O) groups is 2. The van der Waals surface area contributed by atoms with E-state index in [1.807, 2.05) is 0 Å². The van der Waals surface area contributed by atoms with E-state index in [-0.39, 0.29) is 23.6 Å². The molecular weight excluding hydrogens is 341 g/mol. The zero-order chi connectivity index (χ0) is 19.2. The molecule has 0 aliphatic rings. The van der Waals surface area contributed by atoms with E-state index in [0.717, 1.165) is 7.05 Å². The fourth-order valence-electron chi connectivity index (χ4n) is 2.37. The van der Waals surface area contributed by atoms with Gasteiger partial charge in [-0.3, -0.25) is 9.59 Å². The summed E-state index contributed by atoms with van der Waals surface area (Å²) in [7, 11) is 0.986. The number of alkyl halides is 3. The number of anilines is 1. The van der Waals surface area contributed by atoms with Gasteiger partial charge in [0.05, 0.1) is 23.2 Å². The highest BCUT2D eigenvalue weighted by atomic mass is 19.4. The SMILES string of the molecule is CN(C(=O)C(F)(F)F)c1ccc2c(c1)nc(C(N)=O)n2CC(C)(C)O. The second-order valence-corrected chi connectivity index (χ2v) is 6.23. The standard InChI is InChI=1S/C15H17F3N4O3/c1-14(2,25)7-22-10-5-4-8(21(3)13(24)15(16,17)18)6-9(10)20-12(22)11(19)23/h4-6,25H,7H2,1-3H3,(H2,19,23). The molecule has 0 saturated heterocycles. The first-order valence-corrected chi connectivity index (χ1v) is 7.18. The van der Waals surface area contributed by atoms with Crippen LogP contribution in [-0.4, -0.2) is 45.3 Å². The van der Waals surface area contributed by atoms with Crippen molar-refractivity contribution in [3.8, 4) is 0 Å². The molecule has 1 aromatic heterocycles. The maximum absolute atomic E-state index is 12.6. The molecule has 0 bridgehead atoms. The van der Waals surface area contributed by atoms with Gasteiger partial charge >= 0.3 is 12.1 Å². The lowest BCUT2D eigenvalue weighted by Gasteiger charge is -2.20. The molecule has 1 aromatic carbocycles. The van der Waals surface area contributed by atoms with E-state index in [9.17, 15) is 27.9 Å². The van der Waals surface area contributed by atoms with Crippen LogP contribution in [0.5, 0.6) is 0 Å². The van der Waals surface area contributed by atoms with Crippen LogP contribution in [-0.2, 0) is 11.3 Å². The number of halogens is 3. The second-order valence-electron chi connectivity index (χ2n) is 6.23. The quantitative estimate of drug-likeness (QED) is 0.863. The molecule has 0 aliphatic heterocycles. The summed E-state index contributed by atoms with van der Waals surface area (Å²) in [5.41, 5.74) is 4.63. The number of amides is 2. The van der Waals surface area contributed by atoms with Crippen molar-refractivity contribution in [2.75, 3.05) is 11.9 Å². The summed E-state index contributed by atoms with van der Waals surface area (Å²) in [6.45, 7) is 3.04. The summed E-state index contributed by atoms with van der Waals surface area (Å²) in [5.74, 6) is -3.02. The number of imidazole rings is 1. The third kappa shape index (κ3) is 3.90. The molecule has 3 N–H and O–H groups in total. The van der Waals surface area contributed by atoms with Crippen LogP contribution in [0.15, 0.2) is 18.2 Å². The molecule has 1 heterocycles. The zero-order valence-corrected chi connectivity index (χ0v) is 13.8. The van der Waals surface area contributed by atoms with E-state index in [2.05, 4.69) is 4.98 Å². The lowest BCUT2D eigenvalue weighted by Crippen LogP contribution is -2.38. The number of aromatic nitrogens is 2. The highest BCUT2D eigenvalue weighted by molar-refractivity contribution is 5.99. The number of fused-ring (bicyclic) bond motifs is 1. The molecule has 2 rings (SSSR count). The molecule has 10 heteroatoms. The van der Waals surface area contributed by atoms with Crippen molar-refractivity contribution < 1.29 is 27.9 Å². The van der Waals surface area contributed by atoms with E-state index < -0.39 is 23.6 Å². The molecule has 0 aliphatic carbocycles. The van der Waals surface area contributed by atoms with Gasteiger partial charge in [-0.2, -0.15) is 13.2 Å². The van der Waals surface area contributed by atoms with Crippen molar-refractivity contribution in [1.82, 2.24) is 9.55 Å². The fourth-order valence-corrected chi connectivity index (χ4v) is 2.37.